The van der Waals surface area contributed by atoms with Crippen LogP contribution < -0.4 is 10.2 Å². The van der Waals surface area contributed by atoms with Crippen LogP contribution in [0.5, 0.6) is 0 Å². The second-order valence-corrected chi connectivity index (χ2v) is 8.54. The van der Waals surface area contributed by atoms with Crippen LogP contribution in [-0.2, 0) is 30.7 Å². The van der Waals surface area contributed by atoms with Crippen molar-refractivity contribution in [2.45, 2.75) is 39.3 Å². The van der Waals surface area contributed by atoms with Crippen LogP contribution in [0.4, 0.5) is 5.69 Å². The Hall–Kier alpha value is -2.70. The molecule has 6 heteroatoms. The lowest BCUT2D eigenvalue weighted by atomic mass is 10.1. The van der Waals surface area contributed by atoms with Gasteiger partial charge in [-0.15, -0.1) is 0 Å². The first-order valence-electron chi connectivity index (χ1n) is 11.5. The van der Waals surface area contributed by atoms with Crippen molar-refractivity contribution in [2.24, 2.45) is 0 Å². The standard InChI is InChI=1S/C25H31N5O/c1-2-29-23-7-5-11-26-17-22(23)21-9-8-20(16-24(21)29)30-15-14-28(18-25(30)31)13-10-19-6-3-4-12-27-19/h3-4,6,8-9,12,16,26H,2,5,7,10-11,13-15,17-18H2,1H3. The van der Waals surface area contributed by atoms with E-state index in [-0.39, 0.29) is 5.91 Å². The number of amides is 1. The second kappa shape index (κ2) is 8.81. The van der Waals surface area contributed by atoms with E-state index in [1.165, 1.54) is 28.6 Å². The maximum absolute atomic E-state index is 13.0. The molecule has 0 atom stereocenters. The van der Waals surface area contributed by atoms with E-state index in [4.69, 9.17) is 0 Å². The summed E-state index contributed by atoms with van der Waals surface area (Å²) in [6.45, 7) is 8.17. The summed E-state index contributed by atoms with van der Waals surface area (Å²) in [7, 11) is 0. The summed E-state index contributed by atoms with van der Waals surface area (Å²) in [5, 5.41) is 4.89. The van der Waals surface area contributed by atoms with E-state index < -0.39 is 0 Å². The first kappa shape index (κ1) is 20.2. The molecule has 2 aromatic heterocycles. The molecule has 31 heavy (non-hydrogen) atoms. The summed E-state index contributed by atoms with van der Waals surface area (Å²) in [4.78, 5) is 21.6. The van der Waals surface area contributed by atoms with Crippen molar-refractivity contribution in [3.8, 4) is 0 Å². The van der Waals surface area contributed by atoms with Crippen LogP contribution in [0.3, 0.4) is 0 Å². The van der Waals surface area contributed by atoms with Crippen molar-refractivity contribution < 1.29 is 4.79 Å². The SMILES string of the molecule is CCn1c2c(c3ccc(N4CCN(CCc5ccccn5)CC4=O)cc31)CNCCC2. The van der Waals surface area contributed by atoms with E-state index in [0.717, 1.165) is 63.5 Å². The number of anilines is 1. The minimum Gasteiger partial charge on any atom is -0.344 e. The average molecular weight is 418 g/mol. The van der Waals surface area contributed by atoms with E-state index in [0.29, 0.717) is 6.54 Å². The number of nitrogens with zero attached hydrogens (tertiary/aromatic N) is 4. The van der Waals surface area contributed by atoms with Crippen molar-refractivity contribution in [1.29, 1.82) is 0 Å². The van der Waals surface area contributed by atoms with Crippen molar-refractivity contribution in [3.63, 3.8) is 0 Å². The van der Waals surface area contributed by atoms with Gasteiger partial charge in [0.15, 0.2) is 0 Å². The smallest absolute Gasteiger partial charge is 0.241 e. The van der Waals surface area contributed by atoms with Gasteiger partial charge in [0, 0.05) is 67.8 Å². The van der Waals surface area contributed by atoms with E-state index in [1.807, 2.05) is 29.3 Å². The molecule has 0 bridgehead atoms. The van der Waals surface area contributed by atoms with Crippen molar-refractivity contribution >= 4 is 22.5 Å². The molecule has 0 unspecified atom stereocenters. The summed E-state index contributed by atoms with van der Waals surface area (Å²) >= 11 is 0. The molecule has 3 aromatic rings. The molecule has 0 spiro atoms. The highest BCUT2D eigenvalue weighted by atomic mass is 16.2. The van der Waals surface area contributed by atoms with Gasteiger partial charge in [-0.3, -0.25) is 14.7 Å². The Morgan fingerprint density at radius 2 is 2.10 bits per heavy atom. The number of aryl methyl sites for hydroxylation is 1. The molecule has 2 aliphatic heterocycles. The number of benzene rings is 1. The van der Waals surface area contributed by atoms with Crippen molar-refractivity contribution in [1.82, 2.24) is 19.8 Å². The third-order valence-electron chi connectivity index (χ3n) is 6.68. The largest absolute Gasteiger partial charge is 0.344 e. The molecule has 1 amide bonds. The highest BCUT2D eigenvalue weighted by Gasteiger charge is 2.26. The topological polar surface area (TPSA) is 53.4 Å². The minimum atomic E-state index is 0.185. The summed E-state index contributed by atoms with van der Waals surface area (Å²) < 4.78 is 2.45. The predicted molar refractivity (Wildman–Crippen MR) is 124 cm³/mol. The molecule has 1 aromatic carbocycles. The number of rotatable bonds is 5. The van der Waals surface area contributed by atoms with E-state index >= 15 is 0 Å². The number of hydrogen-bond acceptors (Lipinski definition) is 4. The molecule has 1 saturated heterocycles. The van der Waals surface area contributed by atoms with Crippen LogP contribution in [0.15, 0.2) is 42.6 Å². The number of pyridine rings is 1. The zero-order valence-corrected chi connectivity index (χ0v) is 18.3. The fraction of sp³-hybridized carbons (Fsp3) is 0.440. The lowest BCUT2D eigenvalue weighted by Gasteiger charge is -2.34. The van der Waals surface area contributed by atoms with Gasteiger partial charge in [-0.2, -0.15) is 0 Å². The number of fused-ring (bicyclic) bond motifs is 3. The Labute approximate surface area is 183 Å². The van der Waals surface area contributed by atoms with Crippen molar-refractivity contribution in [2.75, 3.05) is 37.6 Å². The van der Waals surface area contributed by atoms with Gasteiger partial charge in [0.25, 0.3) is 0 Å². The first-order valence-corrected chi connectivity index (χ1v) is 11.5. The van der Waals surface area contributed by atoms with Gasteiger partial charge < -0.3 is 14.8 Å². The molecule has 4 heterocycles. The number of hydrogen-bond donors (Lipinski definition) is 1. The fourth-order valence-corrected chi connectivity index (χ4v) is 5.07. The van der Waals surface area contributed by atoms with Gasteiger partial charge in [-0.25, -0.2) is 0 Å². The zero-order valence-electron chi connectivity index (χ0n) is 18.3. The molecule has 5 rings (SSSR count). The normalized spacial score (nSPS) is 17.7. The highest BCUT2D eigenvalue weighted by molar-refractivity contribution is 5.98. The Morgan fingerprint density at radius 1 is 1.16 bits per heavy atom. The number of aromatic nitrogens is 2. The quantitative estimate of drug-likeness (QED) is 0.694. The number of carbonyl (C=O) groups is 1. The molecular formula is C25H31N5O. The van der Waals surface area contributed by atoms with Crippen LogP contribution >= 0.6 is 0 Å². The van der Waals surface area contributed by atoms with Crippen LogP contribution in [0.2, 0.25) is 0 Å². The molecule has 2 aliphatic rings. The second-order valence-electron chi connectivity index (χ2n) is 8.54. The van der Waals surface area contributed by atoms with Gasteiger partial charge in [0.1, 0.15) is 0 Å². The number of nitrogens with one attached hydrogen (secondary N) is 1. The lowest BCUT2D eigenvalue weighted by molar-refractivity contribution is -0.121. The molecule has 0 aliphatic carbocycles. The fourth-order valence-electron chi connectivity index (χ4n) is 5.07. The van der Waals surface area contributed by atoms with E-state index in [9.17, 15) is 4.79 Å². The zero-order chi connectivity index (χ0) is 21.2. The van der Waals surface area contributed by atoms with Gasteiger partial charge in [0.2, 0.25) is 5.91 Å². The Balaban J connectivity index is 1.33. The predicted octanol–water partition coefficient (Wildman–Crippen LogP) is 2.98. The maximum atomic E-state index is 13.0. The van der Waals surface area contributed by atoms with Crippen LogP contribution in [0.25, 0.3) is 10.9 Å². The highest BCUT2D eigenvalue weighted by Crippen LogP contribution is 2.32. The van der Waals surface area contributed by atoms with Crippen LogP contribution in [-0.4, -0.2) is 53.1 Å². The molecule has 6 nitrogen and oxygen atoms in total. The van der Waals surface area contributed by atoms with E-state index in [2.05, 4.69) is 44.9 Å². The van der Waals surface area contributed by atoms with Crippen LogP contribution in [0, 0.1) is 0 Å². The Kier molecular flexibility index (Phi) is 5.74. The maximum Gasteiger partial charge on any atom is 0.241 e. The molecule has 0 saturated carbocycles. The lowest BCUT2D eigenvalue weighted by Crippen LogP contribution is -2.50. The molecular weight excluding hydrogens is 386 g/mol. The third-order valence-corrected chi connectivity index (χ3v) is 6.68. The first-order chi connectivity index (χ1) is 15.2. The van der Waals surface area contributed by atoms with Gasteiger partial charge in [0.05, 0.1) is 12.1 Å². The summed E-state index contributed by atoms with van der Waals surface area (Å²) in [6.07, 6.45) is 5.00. The van der Waals surface area contributed by atoms with Gasteiger partial charge >= 0.3 is 0 Å². The monoisotopic (exact) mass is 417 g/mol. The summed E-state index contributed by atoms with van der Waals surface area (Å²) in [5.41, 5.74) is 6.27. The average Bonchev–Trinajstić information content (AvgIpc) is 2.92. The van der Waals surface area contributed by atoms with Crippen molar-refractivity contribution in [3.05, 3.63) is 59.5 Å². The molecule has 162 valence electrons. The van der Waals surface area contributed by atoms with E-state index in [1.54, 1.807) is 0 Å². The Morgan fingerprint density at radius 3 is 2.90 bits per heavy atom. The number of piperazine rings is 1. The summed E-state index contributed by atoms with van der Waals surface area (Å²) in [5.74, 6) is 0.185. The molecule has 1 fully saturated rings. The van der Waals surface area contributed by atoms with Gasteiger partial charge in [-0.05, 0) is 56.1 Å². The number of carbonyl (C=O) groups excluding carboxylic acids is 1. The third kappa shape index (κ3) is 3.98. The molecule has 1 N–H and O–H groups in total. The summed E-state index contributed by atoms with van der Waals surface area (Å²) in [6, 6.07) is 12.6. The van der Waals surface area contributed by atoms with Crippen LogP contribution in [0.1, 0.15) is 30.3 Å². The molecule has 0 radical (unpaired) electrons. The minimum absolute atomic E-state index is 0.185. The van der Waals surface area contributed by atoms with Gasteiger partial charge in [-0.1, -0.05) is 12.1 Å². The Bertz CT molecular complexity index is 1070.